The molecule has 57 heavy (non-hydrogen) atoms. The van der Waals surface area contributed by atoms with E-state index in [0.29, 0.717) is 0 Å². The summed E-state index contributed by atoms with van der Waals surface area (Å²) >= 11 is 0. The van der Waals surface area contributed by atoms with Crippen LogP contribution in [-0.4, -0.2) is 9.13 Å². The molecular weight excluding hydrogens is 689 g/mol. The highest BCUT2D eigenvalue weighted by molar-refractivity contribution is 6.13. The quantitative estimate of drug-likeness (QED) is 0.138. The van der Waals surface area contributed by atoms with Gasteiger partial charge in [0, 0.05) is 32.9 Å². The summed E-state index contributed by atoms with van der Waals surface area (Å²) in [5.41, 5.74) is 16.5. The number of fused-ring (bicyclic) bond motifs is 6. The highest BCUT2D eigenvalue weighted by atomic mass is 15.0. The van der Waals surface area contributed by atoms with Crippen LogP contribution in [0.1, 0.15) is 12.5 Å². The maximum absolute atomic E-state index is 4.09. The van der Waals surface area contributed by atoms with E-state index >= 15 is 0 Å². The van der Waals surface area contributed by atoms with Crippen molar-refractivity contribution in [2.45, 2.75) is 6.92 Å². The highest BCUT2D eigenvalue weighted by Crippen LogP contribution is 2.40. The number of allylic oxidation sites excluding steroid dienone is 5. The van der Waals surface area contributed by atoms with E-state index in [4.69, 9.17) is 0 Å². The van der Waals surface area contributed by atoms with E-state index < -0.39 is 0 Å². The minimum absolute atomic E-state index is 1.08. The number of nitrogens with zero attached hydrogens (tertiary/aromatic N) is 2. The third-order valence-corrected chi connectivity index (χ3v) is 11.2. The molecule has 0 amide bonds. The summed E-state index contributed by atoms with van der Waals surface area (Å²) in [6, 6.07) is 70.3. The molecule has 0 unspecified atom stereocenters. The van der Waals surface area contributed by atoms with Crippen LogP contribution in [0, 0.1) is 0 Å². The minimum Gasteiger partial charge on any atom is -0.309 e. The van der Waals surface area contributed by atoms with Crippen LogP contribution in [0.25, 0.3) is 93.9 Å². The zero-order valence-electron chi connectivity index (χ0n) is 31.8. The fraction of sp³-hybridized carbons (Fsp3) is 0.0182. The van der Waals surface area contributed by atoms with Crippen LogP contribution in [0.5, 0.6) is 0 Å². The zero-order chi connectivity index (χ0) is 38.3. The van der Waals surface area contributed by atoms with Gasteiger partial charge in [-0.1, -0.05) is 152 Å². The molecule has 2 heteroatoms. The van der Waals surface area contributed by atoms with Crippen molar-refractivity contribution >= 4 is 54.9 Å². The lowest BCUT2D eigenvalue weighted by atomic mass is 9.98. The first-order valence-corrected chi connectivity index (χ1v) is 19.5. The van der Waals surface area contributed by atoms with Gasteiger partial charge in [-0.25, -0.2) is 0 Å². The standard InChI is InChI=1S/C55H40N2/c1-3-17-46(32-38(2)39-18-7-4-8-19-39)56-52-26-15-13-24-48(52)50-36-42(28-30-54(50)56)43-29-31-55-51(37-43)49-25-14-16-27-53(49)57(55)47-34-44(40-20-9-5-10-21-40)33-45(35-47)41-22-11-6-12-23-41/h3-37H,1H2,2H3/b38-32+,46-17+. The lowest BCUT2D eigenvalue weighted by Gasteiger charge is -2.14. The molecule has 0 aliphatic rings. The van der Waals surface area contributed by atoms with E-state index in [1.807, 2.05) is 6.08 Å². The minimum atomic E-state index is 1.08. The van der Waals surface area contributed by atoms with Gasteiger partial charge in [-0.15, -0.1) is 0 Å². The van der Waals surface area contributed by atoms with Crippen molar-refractivity contribution < 1.29 is 0 Å². The third kappa shape index (κ3) is 6.09. The zero-order valence-corrected chi connectivity index (χ0v) is 31.8. The van der Waals surface area contributed by atoms with E-state index in [9.17, 15) is 0 Å². The van der Waals surface area contributed by atoms with Crippen LogP contribution in [0.2, 0.25) is 0 Å². The largest absolute Gasteiger partial charge is 0.309 e. The van der Waals surface area contributed by atoms with Crippen LogP contribution in [-0.2, 0) is 0 Å². The number of benzene rings is 8. The SMILES string of the molecule is C=C/C=C(\C=C(/C)c1ccccc1)n1c2ccccc2c2cc(-c3ccc4c(c3)c3ccccc3n4-c3cc(-c4ccccc4)cc(-c4ccccc4)c3)ccc21. The van der Waals surface area contributed by atoms with Gasteiger partial charge in [-0.3, -0.25) is 0 Å². The van der Waals surface area contributed by atoms with Gasteiger partial charge >= 0.3 is 0 Å². The Kier molecular flexibility index (Phi) is 8.58. The van der Waals surface area contributed by atoms with Crippen LogP contribution in [0.4, 0.5) is 0 Å². The summed E-state index contributed by atoms with van der Waals surface area (Å²) < 4.78 is 4.80. The molecule has 0 saturated heterocycles. The Morgan fingerprint density at radius 2 is 0.895 bits per heavy atom. The van der Waals surface area contributed by atoms with Crippen LogP contribution >= 0.6 is 0 Å². The normalized spacial score (nSPS) is 12.2. The van der Waals surface area contributed by atoms with Crippen LogP contribution < -0.4 is 0 Å². The van der Waals surface area contributed by atoms with Gasteiger partial charge in [0.1, 0.15) is 0 Å². The molecule has 10 rings (SSSR count). The molecule has 270 valence electrons. The van der Waals surface area contributed by atoms with Gasteiger partial charge in [-0.2, -0.15) is 0 Å². The Morgan fingerprint density at radius 1 is 0.421 bits per heavy atom. The van der Waals surface area contributed by atoms with Gasteiger partial charge < -0.3 is 9.13 Å². The van der Waals surface area contributed by atoms with Crippen molar-refractivity contribution in [2.24, 2.45) is 0 Å². The molecule has 8 aromatic carbocycles. The fourth-order valence-electron chi connectivity index (χ4n) is 8.51. The molecule has 2 nitrogen and oxygen atoms in total. The molecule has 0 aliphatic carbocycles. The number of hydrogen-bond acceptors (Lipinski definition) is 0. The molecule has 0 bridgehead atoms. The Hall–Kier alpha value is -7.42. The second-order valence-electron chi connectivity index (χ2n) is 14.7. The lowest BCUT2D eigenvalue weighted by Crippen LogP contribution is -1.96. The average molecular weight is 729 g/mol. The maximum atomic E-state index is 4.09. The molecule has 0 aliphatic heterocycles. The van der Waals surface area contributed by atoms with Crippen LogP contribution in [0.15, 0.2) is 219 Å². The van der Waals surface area contributed by atoms with Crippen molar-refractivity contribution in [2.75, 3.05) is 0 Å². The molecule has 0 radical (unpaired) electrons. The molecular formula is C55H40N2. The number of aromatic nitrogens is 2. The first kappa shape index (κ1) is 34.1. The molecule has 0 spiro atoms. The van der Waals surface area contributed by atoms with Gasteiger partial charge in [0.2, 0.25) is 0 Å². The lowest BCUT2D eigenvalue weighted by molar-refractivity contribution is 1.18. The number of hydrogen-bond donors (Lipinski definition) is 0. The van der Waals surface area contributed by atoms with E-state index in [1.165, 1.54) is 82.6 Å². The summed E-state index contributed by atoms with van der Waals surface area (Å²) in [6.45, 7) is 6.26. The topological polar surface area (TPSA) is 9.86 Å². The van der Waals surface area contributed by atoms with Crippen LogP contribution in [0.3, 0.4) is 0 Å². The van der Waals surface area contributed by atoms with Gasteiger partial charge in [0.05, 0.1) is 22.1 Å². The predicted octanol–water partition coefficient (Wildman–Crippen LogP) is 15.0. The highest BCUT2D eigenvalue weighted by Gasteiger charge is 2.18. The summed E-state index contributed by atoms with van der Waals surface area (Å²) in [5, 5.41) is 4.91. The Morgan fingerprint density at radius 3 is 1.51 bits per heavy atom. The summed E-state index contributed by atoms with van der Waals surface area (Å²) in [4.78, 5) is 0. The summed E-state index contributed by atoms with van der Waals surface area (Å²) in [6.07, 6.45) is 6.25. The van der Waals surface area contributed by atoms with Gasteiger partial charge in [-0.05, 0) is 118 Å². The molecule has 0 N–H and O–H groups in total. The maximum Gasteiger partial charge on any atom is 0.0541 e. The Labute approximate surface area is 333 Å². The van der Waals surface area contributed by atoms with E-state index in [1.54, 1.807) is 0 Å². The second kappa shape index (κ2) is 14.3. The molecule has 0 saturated carbocycles. The van der Waals surface area contributed by atoms with Crippen molar-refractivity contribution in [3.63, 3.8) is 0 Å². The smallest absolute Gasteiger partial charge is 0.0541 e. The first-order chi connectivity index (χ1) is 28.1. The molecule has 0 fully saturated rings. The Balaban J connectivity index is 1.13. The van der Waals surface area contributed by atoms with Gasteiger partial charge in [0.25, 0.3) is 0 Å². The van der Waals surface area contributed by atoms with E-state index in [-0.39, 0.29) is 0 Å². The average Bonchev–Trinajstić information content (AvgIpc) is 3.79. The Bertz CT molecular complexity index is 3120. The van der Waals surface area contributed by atoms with Crippen molar-refractivity contribution in [3.05, 3.63) is 224 Å². The van der Waals surface area contributed by atoms with E-state index in [0.717, 1.165) is 16.9 Å². The number of rotatable bonds is 8. The molecule has 2 heterocycles. The molecule has 10 aromatic rings. The number of para-hydroxylation sites is 2. The monoisotopic (exact) mass is 728 g/mol. The molecule has 2 aromatic heterocycles. The van der Waals surface area contributed by atoms with Crippen molar-refractivity contribution in [3.8, 4) is 39.1 Å². The predicted molar refractivity (Wildman–Crippen MR) is 245 cm³/mol. The van der Waals surface area contributed by atoms with Crippen molar-refractivity contribution in [1.29, 1.82) is 0 Å². The molecule has 0 atom stereocenters. The first-order valence-electron chi connectivity index (χ1n) is 19.5. The summed E-state index contributed by atoms with van der Waals surface area (Å²) in [7, 11) is 0. The third-order valence-electron chi connectivity index (χ3n) is 11.2. The van der Waals surface area contributed by atoms with Crippen molar-refractivity contribution in [1.82, 2.24) is 9.13 Å². The summed E-state index contributed by atoms with van der Waals surface area (Å²) in [5.74, 6) is 0. The second-order valence-corrected chi connectivity index (χ2v) is 14.7. The van der Waals surface area contributed by atoms with E-state index in [2.05, 4.69) is 229 Å². The van der Waals surface area contributed by atoms with Gasteiger partial charge in [0.15, 0.2) is 0 Å². The fourth-order valence-corrected chi connectivity index (χ4v) is 8.51.